The average molecular weight is 525 g/mol. The van der Waals surface area contributed by atoms with E-state index < -0.39 is 12.7 Å². The van der Waals surface area contributed by atoms with Crippen LogP contribution in [0.3, 0.4) is 0 Å². The summed E-state index contributed by atoms with van der Waals surface area (Å²) in [5.74, 6) is 0.0527. The monoisotopic (exact) mass is 524 g/mol. The number of piperidine rings is 1. The number of aryl methyl sites for hydroxylation is 1. The lowest BCUT2D eigenvalue weighted by Gasteiger charge is -2.39. The molecular formula is C26H27F3N8O. The van der Waals surface area contributed by atoms with Crippen LogP contribution in [0.25, 0.3) is 11.3 Å². The van der Waals surface area contributed by atoms with E-state index in [1.54, 1.807) is 41.6 Å². The number of carbonyl (C=O) groups excluding carboxylic acids is 1. The first kappa shape index (κ1) is 25.7. The van der Waals surface area contributed by atoms with Crippen molar-refractivity contribution in [3.8, 4) is 17.3 Å². The fourth-order valence-corrected chi connectivity index (χ4v) is 5.45. The van der Waals surface area contributed by atoms with Crippen LogP contribution in [0.5, 0.6) is 0 Å². The van der Waals surface area contributed by atoms with E-state index in [0.29, 0.717) is 35.7 Å². The minimum atomic E-state index is -4.18. The number of hydrogen-bond acceptors (Lipinski definition) is 7. The lowest BCUT2D eigenvalue weighted by Crippen LogP contribution is -2.47. The summed E-state index contributed by atoms with van der Waals surface area (Å²) in [6.07, 6.45) is 3.90. The second-order valence-electron chi connectivity index (χ2n) is 9.78. The van der Waals surface area contributed by atoms with Gasteiger partial charge in [0.15, 0.2) is 0 Å². The Morgan fingerprint density at radius 2 is 1.84 bits per heavy atom. The summed E-state index contributed by atoms with van der Waals surface area (Å²) in [5, 5.41) is 18.8. The van der Waals surface area contributed by atoms with E-state index in [-0.39, 0.29) is 30.6 Å². The molecule has 3 aromatic rings. The third-order valence-electron chi connectivity index (χ3n) is 7.17. The Morgan fingerprint density at radius 1 is 1.13 bits per heavy atom. The van der Waals surface area contributed by atoms with Gasteiger partial charge in [0.05, 0.1) is 36.2 Å². The number of rotatable bonds is 7. The van der Waals surface area contributed by atoms with Crippen molar-refractivity contribution in [1.82, 2.24) is 30.0 Å². The highest BCUT2D eigenvalue weighted by molar-refractivity contribution is 5.94. The third-order valence-corrected chi connectivity index (χ3v) is 7.17. The van der Waals surface area contributed by atoms with E-state index >= 15 is 0 Å². The van der Waals surface area contributed by atoms with Crippen molar-refractivity contribution in [2.75, 3.05) is 18.4 Å². The Bertz CT molecular complexity index is 1330. The second kappa shape index (κ2) is 10.4. The van der Waals surface area contributed by atoms with Crippen molar-refractivity contribution >= 4 is 17.5 Å². The summed E-state index contributed by atoms with van der Waals surface area (Å²) in [6, 6.07) is 8.70. The molecule has 9 nitrogen and oxygen atoms in total. The Morgan fingerprint density at radius 3 is 2.50 bits per heavy atom. The zero-order chi connectivity index (χ0) is 26.9. The molecule has 4 heterocycles. The highest BCUT2D eigenvalue weighted by Gasteiger charge is 2.45. The average Bonchev–Trinajstić information content (AvgIpc) is 3.42. The molecule has 1 unspecified atom stereocenters. The summed E-state index contributed by atoms with van der Waals surface area (Å²) in [6.45, 7) is 0.991. The van der Waals surface area contributed by atoms with Gasteiger partial charge < -0.3 is 10.6 Å². The zero-order valence-electron chi connectivity index (χ0n) is 20.7. The first-order chi connectivity index (χ1) is 18.2. The van der Waals surface area contributed by atoms with Gasteiger partial charge in [0, 0.05) is 35.6 Å². The molecule has 2 saturated heterocycles. The molecule has 0 aliphatic carbocycles. The van der Waals surface area contributed by atoms with Crippen molar-refractivity contribution in [2.24, 2.45) is 0 Å². The SMILES string of the molecule is Cc1cnc(Nc2cnn(C3C[C@H]4CC[C@@H](C3)N4CC(F)(F)F)c2)nc1-c1ccc(C(=O)NCC#N)cc1. The molecule has 1 amide bonds. The molecule has 38 heavy (non-hydrogen) atoms. The fourth-order valence-electron chi connectivity index (χ4n) is 5.45. The second-order valence-corrected chi connectivity index (χ2v) is 9.78. The molecule has 0 saturated carbocycles. The standard InChI is InChI=1S/C26H27F3N8O/c1-16-12-32-25(35-23(16)17-2-4-18(5-3-17)24(38)31-9-8-30)34-19-13-33-37(14-19)22-10-20-6-7-21(11-22)36(20)15-26(27,28)29/h2-5,12-14,20-22H,6-7,9-11,15H2,1H3,(H,31,38)(H,32,34,35)/t20-,21+,22?. The molecule has 12 heteroatoms. The molecule has 5 rings (SSSR count). The van der Waals surface area contributed by atoms with Crippen molar-refractivity contribution in [3.63, 3.8) is 0 Å². The van der Waals surface area contributed by atoms with Gasteiger partial charge in [-0.1, -0.05) is 12.1 Å². The number of fused-ring (bicyclic) bond motifs is 2. The number of halogens is 3. The van der Waals surface area contributed by atoms with E-state index in [2.05, 4.69) is 25.7 Å². The molecule has 0 radical (unpaired) electrons. The van der Waals surface area contributed by atoms with E-state index in [1.807, 2.05) is 23.9 Å². The lowest BCUT2D eigenvalue weighted by molar-refractivity contribution is -0.156. The van der Waals surface area contributed by atoms with Crippen LogP contribution in [-0.4, -0.2) is 61.9 Å². The number of aromatic nitrogens is 4. The Balaban J connectivity index is 1.26. The van der Waals surface area contributed by atoms with Gasteiger partial charge in [-0.25, -0.2) is 9.97 Å². The number of amides is 1. The maximum Gasteiger partial charge on any atom is 0.401 e. The minimum Gasteiger partial charge on any atom is -0.339 e. The lowest BCUT2D eigenvalue weighted by atomic mass is 9.97. The van der Waals surface area contributed by atoms with Crippen molar-refractivity contribution in [2.45, 2.75) is 56.9 Å². The summed E-state index contributed by atoms with van der Waals surface area (Å²) < 4.78 is 40.8. The molecule has 1 aromatic carbocycles. The van der Waals surface area contributed by atoms with E-state index in [9.17, 15) is 18.0 Å². The smallest absolute Gasteiger partial charge is 0.339 e. The number of carbonyl (C=O) groups is 1. The number of nitrogens with zero attached hydrogens (tertiary/aromatic N) is 6. The predicted octanol–water partition coefficient (Wildman–Crippen LogP) is 4.38. The van der Waals surface area contributed by atoms with E-state index in [4.69, 9.17) is 5.26 Å². The first-order valence-electron chi connectivity index (χ1n) is 12.4. The number of alkyl halides is 3. The maximum absolute atomic E-state index is 13.0. The van der Waals surface area contributed by atoms with Crippen LogP contribution in [0, 0.1) is 18.3 Å². The summed E-state index contributed by atoms with van der Waals surface area (Å²) in [4.78, 5) is 22.7. The van der Waals surface area contributed by atoms with Gasteiger partial charge in [-0.3, -0.25) is 14.4 Å². The van der Waals surface area contributed by atoms with E-state index in [0.717, 1.165) is 24.0 Å². The van der Waals surface area contributed by atoms with Crippen LogP contribution in [-0.2, 0) is 0 Å². The van der Waals surface area contributed by atoms with Gasteiger partial charge in [-0.15, -0.1) is 0 Å². The first-order valence-corrected chi connectivity index (χ1v) is 12.4. The van der Waals surface area contributed by atoms with Gasteiger partial charge in [-0.05, 0) is 50.3 Å². The molecule has 2 fully saturated rings. The predicted molar refractivity (Wildman–Crippen MR) is 134 cm³/mol. The number of anilines is 2. The summed E-state index contributed by atoms with van der Waals surface area (Å²) >= 11 is 0. The number of nitriles is 1. The van der Waals surface area contributed by atoms with Gasteiger partial charge in [0.2, 0.25) is 5.95 Å². The fraction of sp³-hybridized carbons (Fsp3) is 0.423. The van der Waals surface area contributed by atoms with Gasteiger partial charge in [0.25, 0.3) is 5.91 Å². The quantitative estimate of drug-likeness (QED) is 0.442. The van der Waals surface area contributed by atoms with Crippen LogP contribution < -0.4 is 10.6 Å². The van der Waals surface area contributed by atoms with Gasteiger partial charge in [0.1, 0.15) is 6.54 Å². The van der Waals surface area contributed by atoms with Crippen molar-refractivity contribution in [1.29, 1.82) is 5.26 Å². The Labute approximate surface area is 217 Å². The molecule has 2 aliphatic heterocycles. The Hall–Kier alpha value is -3.98. The van der Waals surface area contributed by atoms with Crippen LogP contribution in [0.1, 0.15) is 47.6 Å². The number of hydrogen-bond donors (Lipinski definition) is 2. The molecular weight excluding hydrogens is 497 g/mol. The van der Waals surface area contributed by atoms with Crippen LogP contribution >= 0.6 is 0 Å². The molecule has 3 atom stereocenters. The topological polar surface area (TPSA) is 112 Å². The molecule has 0 spiro atoms. The molecule has 2 aliphatic rings. The highest BCUT2D eigenvalue weighted by atomic mass is 19.4. The van der Waals surface area contributed by atoms with Crippen molar-refractivity contribution < 1.29 is 18.0 Å². The zero-order valence-corrected chi connectivity index (χ0v) is 20.7. The molecule has 198 valence electrons. The normalized spacial score (nSPS) is 21.2. The van der Waals surface area contributed by atoms with Gasteiger partial charge >= 0.3 is 6.18 Å². The molecule has 2 N–H and O–H groups in total. The van der Waals surface area contributed by atoms with Crippen LogP contribution in [0.15, 0.2) is 42.9 Å². The molecule has 2 bridgehead atoms. The number of benzene rings is 1. The Kier molecular flexibility index (Phi) is 7.03. The van der Waals surface area contributed by atoms with Gasteiger partial charge in [-0.2, -0.15) is 23.5 Å². The minimum absolute atomic E-state index is 0.0471. The summed E-state index contributed by atoms with van der Waals surface area (Å²) in [5.41, 5.74) is 3.50. The van der Waals surface area contributed by atoms with Crippen molar-refractivity contribution in [3.05, 3.63) is 54.0 Å². The van der Waals surface area contributed by atoms with E-state index in [1.165, 1.54) is 0 Å². The van der Waals surface area contributed by atoms with Crippen LogP contribution in [0.2, 0.25) is 0 Å². The largest absolute Gasteiger partial charge is 0.401 e. The number of nitrogens with one attached hydrogen (secondary N) is 2. The van der Waals surface area contributed by atoms with Crippen LogP contribution in [0.4, 0.5) is 24.8 Å². The highest BCUT2D eigenvalue weighted by Crippen LogP contribution is 2.42. The molecule has 2 aromatic heterocycles. The third kappa shape index (κ3) is 5.62. The summed E-state index contributed by atoms with van der Waals surface area (Å²) in [7, 11) is 0. The maximum atomic E-state index is 13.0.